The zero-order valence-electron chi connectivity index (χ0n) is 7.62. The minimum atomic E-state index is -0.841. The van der Waals surface area contributed by atoms with Crippen molar-refractivity contribution < 1.29 is 9.90 Å². The number of carboxylic acid groups (broad SMARTS) is 1. The maximum Gasteiger partial charge on any atom is 0.320 e. The average molecular weight is 202 g/mol. The lowest BCUT2D eigenvalue weighted by Gasteiger charge is -2.11. The van der Waals surface area contributed by atoms with Gasteiger partial charge in [-0.1, -0.05) is 0 Å². The molecule has 0 aromatic rings. The van der Waals surface area contributed by atoms with Crippen LogP contribution >= 0.6 is 11.8 Å². The first-order valence-electron chi connectivity index (χ1n) is 4.04. The Hall–Kier alpha value is -0.730. The van der Waals surface area contributed by atoms with E-state index in [9.17, 15) is 4.79 Å². The fourth-order valence-electron chi connectivity index (χ4n) is 0.851. The molecular weight excluding hydrogens is 188 g/mol. The van der Waals surface area contributed by atoms with Gasteiger partial charge in [-0.2, -0.15) is 17.0 Å². The van der Waals surface area contributed by atoms with E-state index in [2.05, 4.69) is 5.32 Å². The number of rotatable bonds is 7. The van der Waals surface area contributed by atoms with Crippen LogP contribution in [0.2, 0.25) is 0 Å². The van der Waals surface area contributed by atoms with Crippen molar-refractivity contribution in [2.45, 2.75) is 18.9 Å². The molecule has 0 bridgehead atoms. The molecule has 0 saturated carbocycles. The summed E-state index contributed by atoms with van der Waals surface area (Å²) in [5, 5.41) is 19.8. The third kappa shape index (κ3) is 6.43. The predicted molar refractivity (Wildman–Crippen MR) is 52.7 cm³/mol. The van der Waals surface area contributed by atoms with Gasteiger partial charge < -0.3 is 10.4 Å². The van der Waals surface area contributed by atoms with Crippen molar-refractivity contribution in [3.63, 3.8) is 0 Å². The van der Waals surface area contributed by atoms with Crippen LogP contribution in [0, 0.1) is 11.3 Å². The highest BCUT2D eigenvalue weighted by atomic mass is 32.2. The van der Waals surface area contributed by atoms with Crippen LogP contribution in [0.4, 0.5) is 0 Å². The Kier molecular flexibility index (Phi) is 7.45. The number of carboxylic acids is 1. The zero-order chi connectivity index (χ0) is 10.1. The van der Waals surface area contributed by atoms with E-state index in [1.807, 2.05) is 12.3 Å². The average Bonchev–Trinajstić information content (AvgIpc) is 2.10. The fraction of sp³-hybridized carbons (Fsp3) is 0.750. The highest BCUT2D eigenvalue weighted by molar-refractivity contribution is 7.98. The van der Waals surface area contributed by atoms with Crippen LogP contribution in [0.5, 0.6) is 0 Å². The first-order chi connectivity index (χ1) is 6.22. The molecule has 0 saturated heterocycles. The third-order valence-corrected chi connectivity index (χ3v) is 2.18. The Labute approximate surface area is 82.3 Å². The zero-order valence-corrected chi connectivity index (χ0v) is 8.43. The monoisotopic (exact) mass is 202 g/mol. The lowest BCUT2D eigenvalue weighted by molar-refractivity contribution is -0.139. The summed E-state index contributed by atoms with van der Waals surface area (Å²) < 4.78 is 0. The van der Waals surface area contributed by atoms with Crippen LogP contribution < -0.4 is 5.32 Å². The van der Waals surface area contributed by atoms with E-state index < -0.39 is 12.0 Å². The van der Waals surface area contributed by atoms with Crippen LogP contribution in [0.15, 0.2) is 0 Å². The second-order valence-corrected chi connectivity index (χ2v) is 3.52. The number of thioether (sulfide) groups is 1. The van der Waals surface area contributed by atoms with E-state index in [-0.39, 0.29) is 0 Å². The molecule has 0 aliphatic carbocycles. The highest BCUT2D eigenvalue weighted by Gasteiger charge is 2.14. The first kappa shape index (κ1) is 12.3. The summed E-state index contributed by atoms with van der Waals surface area (Å²) in [6.07, 6.45) is 2.89. The molecule has 0 aliphatic rings. The van der Waals surface area contributed by atoms with Crippen molar-refractivity contribution in [3.8, 4) is 6.07 Å². The van der Waals surface area contributed by atoms with Gasteiger partial charge in [-0.25, -0.2) is 0 Å². The molecule has 0 radical (unpaired) electrons. The van der Waals surface area contributed by atoms with Gasteiger partial charge in [0, 0.05) is 13.0 Å². The van der Waals surface area contributed by atoms with Crippen LogP contribution in [-0.4, -0.2) is 35.7 Å². The second kappa shape index (κ2) is 7.90. The van der Waals surface area contributed by atoms with Crippen LogP contribution in [0.25, 0.3) is 0 Å². The van der Waals surface area contributed by atoms with E-state index in [0.717, 1.165) is 5.75 Å². The van der Waals surface area contributed by atoms with Crippen molar-refractivity contribution in [1.29, 1.82) is 5.26 Å². The normalized spacial score (nSPS) is 12.0. The SMILES string of the molecule is CSCC[C@@H](NCCC#N)C(=O)O. The molecule has 0 amide bonds. The summed E-state index contributed by atoms with van der Waals surface area (Å²) in [7, 11) is 0. The van der Waals surface area contributed by atoms with Crippen molar-refractivity contribution >= 4 is 17.7 Å². The molecule has 0 aromatic carbocycles. The molecule has 2 N–H and O–H groups in total. The Morgan fingerprint density at radius 1 is 1.77 bits per heavy atom. The van der Waals surface area contributed by atoms with Crippen LogP contribution in [0.1, 0.15) is 12.8 Å². The third-order valence-electron chi connectivity index (χ3n) is 1.54. The Morgan fingerprint density at radius 2 is 2.46 bits per heavy atom. The summed E-state index contributed by atoms with van der Waals surface area (Å²) in [6, 6.07) is 1.44. The van der Waals surface area contributed by atoms with Crippen LogP contribution in [0.3, 0.4) is 0 Å². The molecule has 1 atom stereocenters. The van der Waals surface area contributed by atoms with E-state index >= 15 is 0 Å². The van der Waals surface area contributed by atoms with Gasteiger partial charge in [0.2, 0.25) is 0 Å². The van der Waals surface area contributed by atoms with E-state index in [1.54, 1.807) is 11.8 Å². The van der Waals surface area contributed by atoms with E-state index in [0.29, 0.717) is 19.4 Å². The molecular formula is C8H14N2O2S. The maximum absolute atomic E-state index is 10.6. The summed E-state index contributed by atoms with van der Waals surface area (Å²) in [6.45, 7) is 0.446. The molecule has 0 heterocycles. The molecule has 0 rings (SSSR count). The highest BCUT2D eigenvalue weighted by Crippen LogP contribution is 2.00. The van der Waals surface area contributed by atoms with Gasteiger partial charge in [0.15, 0.2) is 0 Å². The second-order valence-electron chi connectivity index (χ2n) is 2.53. The predicted octanol–water partition coefficient (Wildman–Crippen LogP) is 0.696. The molecule has 13 heavy (non-hydrogen) atoms. The fourth-order valence-corrected chi connectivity index (χ4v) is 1.32. The number of nitriles is 1. The number of aliphatic carboxylic acids is 1. The molecule has 0 fully saturated rings. The molecule has 0 aliphatic heterocycles. The Morgan fingerprint density at radius 3 is 2.92 bits per heavy atom. The van der Waals surface area contributed by atoms with Gasteiger partial charge in [-0.15, -0.1) is 0 Å². The minimum Gasteiger partial charge on any atom is -0.480 e. The van der Waals surface area contributed by atoms with Crippen molar-refractivity contribution in [3.05, 3.63) is 0 Å². The molecule has 0 unspecified atom stereocenters. The number of nitrogens with zero attached hydrogens (tertiary/aromatic N) is 1. The van der Waals surface area contributed by atoms with Gasteiger partial charge >= 0.3 is 5.97 Å². The van der Waals surface area contributed by atoms with Crippen molar-refractivity contribution in [2.75, 3.05) is 18.6 Å². The van der Waals surface area contributed by atoms with Gasteiger partial charge in [-0.05, 0) is 18.4 Å². The molecule has 0 aromatic heterocycles. The van der Waals surface area contributed by atoms with Crippen LogP contribution in [-0.2, 0) is 4.79 Å². The number of nitrogens with one attached hydrogen (secondary N) is 1. The van der Waals surface area contributed by atoms with Gasteiger partial charge in [0.25, 0.3) is 0 Å². The van der Waals surface area contributed by atoms with Crippen molar-refractivity contribution in [1.82, 2.24) is 5.32 Å². The first-order valence-corrected chi connectivity index (χ1v) is 5.43. The number of hydrogen-bond donors (Lipinski definition) is 2. The molecule has 4 nitrogen and oxygen atoms in total. The van der Waals surface area contributed by atoms with E-state index in [1.165, 1.54) is 0 Å². The topological polar surface area (TPSA) is 73.1 Å². The number of carbonyl (C=O) groups is 1. The lowest BCUT2D eigenvalue weighted by Crippen LogP contribution is -2.37. The van der Waals surface area contributed by atoms with Crippen molar-refractivity contribution in [2.24, 2.45) is 0 Å². The molecule has 0 spiro atoms. The maximum atomic E-state index is 10.6. The van der Waals surface area contributed by atoms with E-state index in [4.69, 9.17) is 10.4 Å². The summed E-state index contributed by atoms with van der Waals surface area (Å²) in [5.74, 6) is -0.0248. The summed E-state index contributed by atoms with van der Waals surface area (Å²) >= 11 is 1.62. The van der Waals surface area contributed by atoms with Gasteiger partial charge in [0.05, 0.1) is 6.07 Å². The molecule has 74 valence electrons. The Balaban J connectivity index is 3.68. The summed E-state index contributed by atoms with van der Waals surface area (Å²) in [4.78, 5) is 10.6. The van der Waals surface area contributed by atoms with Gasteiger partial charge in [-0.3, -0.25) is 4.79 Å². The standard InChI is InChI=1S/C8H14N2O2S/c1-13-6-3-7(8(11)12)10-5-2-4-9/h7,10H,2-3,5-6H2,1H3,(H,11,12)/t7-/m1/s1. The minimum absolute atomic E-state index is 0.350. The molecule has 5 heteroatoms. The summed E-state index contributed by atoms with van der Waals surface area (Å²) in [5.41, 5.74) is 0. The Bertz CT molecular complexity index is 191. The number of hydrogen-bond acceptors (Lipinski definition) is 4. The lowest BCUT2D eigenvalue weighted by atomic mass is 10.2. The smallest absolute Gasteiger partial charge is 0.320 e. The largest absolute Gasteiger partial charge is 0.480 e. The van der Waals surface area contributed by atoms with Gasteiger partial charge in [0.1, 0.15) is 6.04 Å². The quantitative estimate of drug-likeness (QED) is 0.594.